The number of benzene rings is 1. The summed E-state index contributed by atoms with van der Waals surface area (Å²) < 4.78 is 52.0. The first-order chi connectivity index (χ1) is 13.1. The Morgan fingerprint density at radius 1 is 0.964 bits per heavy atom. The van der Waals surface area contributed by atoms with Crippen molar-refractivity contribution in [1.82, 2.24) is 4.31 Å². The van der Waals surface area contributed by atoms with Gasteiger partial charge in [-0.25, -0.2) is 16.8 Å². The summed E-state index contributed by atoms with van der Waals surface area (Å²) in [6.07, 6.45) is 3.30. The molecule has 0 aromatic heterocycles. The molecule has 1 aromatic carbocycles. The van der Waals surface area contributed by atoms with Crippen LogP contribution in [0.3, 0.4) is 0 Å². The molecule has 2 heterocycles. The third kappa shape index (κ3) is 3.71. The van der Waals surface area contributed by atoms with E-state index in [1.165, 1.54) is 22.2 Å². The van der Waals surface area contributed by atoms with E-state index in [4.69, 9.17) is 0 Å². The minimum Gasteiger partial charge on any atom is -0.311 e. The maximum atomic E-state index is 12.9. The van der Waals surface area contributed by atoms with Crippen LogP contribution in [0.2, 0.25) is 0 Å². The molecular formula is C19H28N2O5S2. The van der Waals surface area contributed by atoms with Gasteiger partial charge in [-0.05, 0) is 63.8 Å². The van der Waals surface area contributed by atoms with E-state index in [0.29, 0.717) is 31.7 Å². The number of carbonyl (C=O) groups excluding carboxylic acids is 1. The summed E-state index contributed by atoms with van der Waals surface area (Å²) in [4.78, 5) is 14.5. The van der Waals surface area contributed by atoms with Gasteiger partial charge in [0, 0.05) is 25.3 Å². The highest BCUT2D eigenvalue weighted by molar-refractivity contribution is 7.93. The van der Waals surface area contributed by atoms with Gasteiger partial charge in [0.2, 0.25) is 15.9 Å². The van der Waals surface area contributed by atoms with Crippen LogP contribution >= 0.6 is 0 Å². The van der Waals surface area contributed by atoms with Crippen LogP contribution in [0.1, 0.15) is 45.6 Å². The van der Waals surface area contributed by atoms with Gasteiger partial charge >= 0.3 is 0 Å². The average Bonchev–Trinajstić information content (AvgIpc) is 3.10. The maximum Gasteiger partial charge on any atom is 0.245 e. The number of amides is 1. The molecule has 1 unspecified atom stereocenters. The Kier molecular flexibility index (Phi) is 5.89. The van der Waals surface area contributed by atoms with Crippen molar-refractivity contribution < 1.29 is 21.6 Å². The Balaban J connectivity index is 1.86. The van der Waals surface area contributed by atoms with Crippen LogP contribution in [0, 0.1) is 0 Å². The molecule has 0 bridgehead atoms. The molecule has 0 spiro atoms. The van der Waals surface area contributed by atoms with Crippen LogP contribution in [0.25, 0.3) is 0 Å². The predicted molar refractivity (Wildman–Crippen MR) is 109 cm³/mol. The first-order valence-electron chi connectivity index (χ1n) is 9.74. The summed E-state index contributed by atoms with van der Waals surface area (Å²) >= 11 is 0. The number of sulfone groups is 1. The number of piperidine rings is 1. The van der Waals surface area contributed by atoms with E-state index in [-0.39, 0.29) is 4.90 Å². The molecule has 0 saturated carbocycles. The Morgan fingerprint density at radius 2 is 1.61 bits per heavy atom. The summed E-state index contributed by atoms with van der Waals surface area (Å²) in [6, 6.07) is 4.79. The zero-order valence-electron chi connectivity index (χ0n) is 16.6. The molecule has 0 aliphatic carbocycles. The second-order valence-corrected chi connectivity index (χ2v) is 12.5. The molecule has 156 valence electrons. The van der Waals surface area contributed by atoms with Crippen LogP contribution < -0.4 is 4.90 Å². The van der Waals surface area contributed by atoms with E-state index in [1.807, 2.05) is 0 Å². The fraction of sp³-hybridized carbons (Fsp3) is 0.632. The number of hydrogen-bond acceptors (Lipinski definition) is 5. The van der Waals surface area contributed by atoms with E-state index < -0.39 is 36.3 Å². The fourth-order valence-corrected chi connectivity index (χ4v) is 6.58. The van der Waals surface area contributed by atoms with Gasteiger partial charge in [0.1, 0.15) is 5.25 Å². The molecule has 0 radical (unpaired) electrons. The lowest BCUT2D eigenvalue weighted by Gasteiger charge is -2.26. The zero-order valence-corrected chi connectivity index (χ0v) is 18.2. The summed E-state index contributed by atoms with van der Waals surface area (Å²) in [6.45, 7) is 5.98. The molecule has 1 fully saturated rings. The lowest BCUT2D eigenvalue weighted by atomic mass is 10.2. The van der Waals surface area contributed by atoms with Crippen LogP contribution in [0.4, 0.5) is 5.69 Å². The topological polar surface area (TPSA) is 91.8 Å². The quantitative estimate of drug-likeness (QED) is 0.715. The largest absolute Gasteiger partial charge is 0.311 e. The number of hydrogen-bond donors (Lipinski definition) is 0. The fourth-order valence-electron chi connectivity index (χ4n) is 3.79. The van der Waals surface area contributed by atoms with Gasteiger partial charge in [-0.15, -0.1) is 0 Å². The van der Waals surface area contributed by atoms with Crippen LogP contribution in [0.15, 0.2) is 23.1 Å². The molecule has 9 heteroatoms. The van der Waals surface area contributed by atoms with E-state index in [9.17, 15) is 21.6 Å². The lowest BCUT2D eigenvalue weighted by Crippen LogP contribution is -2.43. The van der Waals surface area contributed by atoms with Crippen molar-refractivity contribution in [2.45, 2.75) is 61.8 Å². The first kappa shape index (κ1) is 21.3. The highest BCUT2D eigenvalue weighted by Gasteiger charge is 2.37. The van der Waals surface area contributed by atoms with Gasteiger partial charge in [0.25, 0.3) is 0 Å². The third-order valence-electron chi connectivity index (χ3n) is 5.66. The monoisotopic (exact) mass is 428 g/mol. The Labute approximate surface area is 167 Å². The van der Waals surface area contributed by atoms with Gasteiger partial charge in [-0.2, -0.15) is 4.31 Å². The molecule has 1 saturated heterocycles. The Hall–Kier alpha value is -1.45. The number of fused-ring (bicyclic) bond motifs is 1. The second-order valence-electron chi connectivity index (χ2n) is 7.78. The van der Waals surface area contributed by atoms with Gasteiger partial charge in [0.05, 0.1) is 10.1 Å². The third-order valence-corrected chi connectivity index (χ3v) is 10.1. The Morgan fingerprint density at radius 3 is 2.21 bits per heavy atom. The van der Waals surface area contributed by atoms with Gasteiger partial charge in [-0.3, -0.25) is 4.79 Å². The molecule has 2 aliphatic rings. The number of sulfonamides is 1. The van der Waals surface area contributed by atoms with Crippen molar-refractivity contribution in [2.75, 3.05) is 24.5 Å². The van der Waals surface area contributed by atoms with E-state index in [1.54, 1.807) is 26.0 Å². The van der Waals surface area contributed by atoms with E-state index in [2.05, 4.69) is 0 Å². The van der Waals surface area contributed by atoms with Crippen molar-refractivity contribution in [3.63, 3.8) is 0 Å². The standard InChI is InChI=1S/C19H28N2O5S2/c1-14(2)27(23,24)15(3)19(22)21-12-9-16-13-17(7-8-18(16)21)28(25,26)20-10-5-4-6-11-20/h7-8,13-15H,4-6,9-12H2,1-3H3. The lowest BCUT2D eigenvalue weighted by molar-refractivity contribution is -0.117. The van der Waals surface area contributed by atoms with E-state index >= 15 is 0 Å². The molecule has 1 aromatic rings. The van der Waals surface area contributed by atoms with Crippen molar-refractivity contribution in [3.8, 4) is 0 Å². The predicted octanol–water partition coefficient (Wildman–Crippen LogP) is 1.96. The Bertz CT molecular complexity index is 964. The smallest absolute Gasteiger partial charge is 0.245 e. The van der Waals surface area contributed by atoms with Crippen molar-refractivity contribution in [3.05, 3.63) is 23.8 Å². The van der Waals surface area contributed by atoms with Gasteiger partial charge in [-0.1, -0.05) is 6.42 Å². The summed E-state index contributed by atoms with van der Waals surface area (Å²) in [5.41, 5.74) is 1.37. The summed E-state index contributed by atoms with van der Waals surface area (Å²) in [7, 11) is -7.09. The molecular weight excluding hydrogens is 400 g/mol. The minimum absolute atomic E-state index is 0.241. The van der Waals surface area contributed by atoms with Crippen LogP contribution in [-0.4, -0.2) is 57.2 Å². The van der Waals surface area contributed by atoms with Crippen LogP contribution in [-0.2, 0) is 31.1 Å². The maximum absolute atomic E-state index is 12.9. The molecule has 3 rings (SSSR count). The number of rotatable bonds is 5. The van der Waals surface area contributed by atoms with Crippen molar-refractivity contribution >= 4 is 31.5 Å². The second kappa shape index (κ2) is 7.76. The van der Waals surface area contributed by atoms with E-state index in [0.717, 1.165) is 24.8 Å². The molecule has 7 nitrogen and oxygen atoms in total. The van der Waals surface area contributed by atoms with Crippen molar-refractivity contribution in [2.24, 2.45) is 0 Å². The molecule has 28 heavy (non-hydrogen) atoms. The first-order valence-corrected chi connectivity index (χ1v) is 12.8. The summed E-state index contributed by atoms with van der Waals surface area (Å²) in [5.74, 6) is -0.459. The van der Waals surface area contributed by atoms with Gasteiger partial charge < -0.3 is 4.90 Å². The molecule has 1 atom stereocenters. The zero-order chi connectivity index (χ0) is 20.7. The highest BCUT2D eigenvalue weighted by Crippen LogP contribution is 2.33. The number of nitrogens with zero attached hydrogens (tertiary/aromatic N) is 2. The van der Waals surface area contributed by atoms with Crippen LogP contribution in [0.5, 0.6) is 0 Å². The highest BCUT2D eigenvalue weighted by atomic mass is 32.2. The van der Waals surface area contributed by atoms with Gasteiger partial charge in [0.15, 0.2) is 9.84 Å². The normalized spacial score (nSPS) is 19.6. The number of carbonyl (C=O) groups is 1. The molecule has 2 aliphatic heterocycles. The molecule has 0 N–H and O–H groups in total. The SMILES string of the molecule is CC(C)S(=O)(=O)C(C)C(=O)N1CCc2cc(S(=O)(=O)N3CCCCC3)ccc21. The molecule has 1 amide bonds. The van der Waals surface area contributed by atoms with Crippen molar-refractivity contribution in [1.29, 1.82) is 0 Å². The minimum atomic E-state index is -3.56. The number of anilines is 1. The summed E-state index contributed by atoms with van der Waals surface area (Å²) in [5, 5.41) is -1.76. The average molecular weight is 429 g/mol.